The van der Waals surface area contributed by atoms with E-state index in [0.29, 0.717) is 0 Å². The molecule has 45 valence electrons. The normalized spacial score (nSPS) is 29.8. The van der Waals surface area contributed by atoms with Crippen molar-refractivity contribution in [1.82, 2.24) is 5.32 Å². The van der Waals surface area contributed by atoms with Gasteiger partial charge in [0.1, 0.15) is 0 Å². The van der Waals surface area contributed by atoms with Crippen molar-refractivity contribution in [1.29, 1.82) is 0 Å². The van der Waals surface area contributed by atoms with Gasteiger partial charge in [-0.3, -0.25) is 4.79 Å². The van der Waals surface area contributed by atoms with Crippen molar-refractivity contribution in [2.45, 2.75) is 12.8 Å². The molecule has 0 bridgehead atoms. The molecule has 1 aliphatic rings. The van der Waals surface area contributed by atoms with Crippen LogP contribution in [0.4, 0.5) is 0 Å². The molecule has 1 atom stereocenters. The van der Waals surface area contributed by atoms with Gasteiger partial charge < -0.3 is 5.32 Å². The van der Waals surface area contributed by atoms with E-state index in [1.54, 1.807) is 0 Å². The van der Waals surface area contributed by atoms with E-state index in [2.05, 4.69) is 5.32 Å². The van der Waals surface area contributed by atoms with Crippen molar-refractivity contribution in [3.63, 3.8) is 0 Å². The fraction of sp³-hybridized carbons (Fsp3) is 0.833. The van der Waals surface area contributed by atoms with E-state index in [1.807, 2.05) is 6.29 Å². The Morgan fingerprint density at radius 2 is 2.50 bits per heavy atom. The third-order valence-corrected chi connectivity index (χ3v) is 1.46. The van der Waals surface area contributed by atoms with Gasteiger partial charge in [-0.15, -0.1) is 0 Å². The van der Waals surface area contributed by atoms with E-state index in [4.69, 9.17) is 0 Å². The second kappa shape index (κ2) is 2.82. The molecule has 0 aromatic heterocycles. The van der Waals surface area contributed by atoms with Gasteiger partial charge in [0.25, 0.3) is 0 Å². The zero-order valence-electron chi connectivity index (χ0n) is 4.81. The van der Waals surface area contributed by atoms with E-state index >= 15 is 0 Å². The Morgan fingerprint density at radius 1 is 1.62 bits per heavy atom. The average Bonchev–Trinajstić information content (AvgIpc) is 1.90. The molecule has 2 nitrogen and oxygen atoms in total. The Kier molecular flexibility index (Phi) is 2.03. The molecular formula is C6H10NO. The largest absolute Gasteiger partial charge is 0.316 e. The second-order valence-corrected chi connectivity index (χ2v) is 2.16. The average molecular weight is 112 g/mol. The first-order valence-electron chi connectivity index (χ1n) is 3.02. The number of hydrogen-bond acceptors (Lipinski definition) is 2. The van der Waals surface area contributed by atoms with Crippen LogP contribution in [0.3, 0.4) is 0 Å². The summed E-state index contributed by atoms with van der Waals surface area (Å²) in [6.07, 6.45) is 4.14. The smallest absolute Gasteiger partial charge is 0.203 e. The molecule has 1 saturated heterocycles. The van der Waals surface area contributed by atoms with Crippen LogP contribution in [-0.4, -0.2) is 19.4 Å². The zero-order valence-corrected chi connectivity index (χ0v) is 4.81. The van der Waals surface area contributed by atoms with Gasteiger partial charge in [-0.2, -0.15) is 0 Å². The quantitative estimate of drug-likeness (QED) is 0.521. The van der Waals surface area contributed by atoms with Gasteiger partial charge in [-0.25, -0.2) is 0 Å². The molecule has 0 spiro atoms. The predicted octanol–water partition coefficient (Wildman–Crippen LogP) is 0.0957. The zero-order chi connectivity index (χ0) is 5.82. The van der Waals surface area contributed by atoms with E-state index in [1.165, 1.54) is 0 Å². The van der Waals surface area contributed by atoms with Gasteiger partial charge in [0.2, 0.25) is 6.29 Å². The Bertz CT molecular complexity index is 76.6. The van der Waals surface area contributed by atoms with E-state index in [9.17, 15) is 4.79 Å². The first-order valence-corrected chi connectivity index (χ1v) is 3.02. The number of nitrogens with one attached hydrogen (secondary N) is 1. The third kappa shape index (κ3) is 1.30. The molecule has 0 saturated carbocycles. The molecule has 1 fully saturated rings. The Balaban J connectivity index is 2.22. The maximum atomic E-state index is 9.99. The van der Waals surface area contributed by atoms with Crippen LogP contribution >= 0.6 is 0 Å². The summed E-state index contributed by atoms with van der Waals surface area (Å²) in [5.41, 5.74) is 0. The topological polar surface area (TPSA) is 29.1 Å². The molecule has 1 rings (SSSR count). The van der Waals surface area contributed by atoms with Gasteiger partial charge in [0.05, 0.1) is 0 Å². The molecule has 8 heavy (non-hydrogen) atoms. The highest BCUT2D eigenvalue weighted by Crippen LogP contribution is 2.05. The molecule has 1 heterocycles. The first-order chi connectivity index (χ1) is 3.93. The lowest BCUT2D eigenvalue weighted by molar-refractivity contribution is 0.430. The van der Waals surface area contributed by atoms with Gasteiger partial charge in [0, 0.05) is 12.5 Å². The van der Waals surface area contributed by atoms with Gasteiger partial charge >= 0.3 is 0 Å². The van der Waals surface area contributed by atoms with Crippen molar-refractivity contribution < 1.29 is 4.79 Å². The molecule has 0 aromatic carbocycles. The number of carbonyl (C=O) groups excluding carboxylic acids is 1. The van der Waals surface area contributed by atoms with Crippen LogP contribution in [0.1, 0.15) is 12.8 Å². The highest BCUT2D eigenvalue weighted by Gasteiger charge is 2.10. The van der Waals surface area contributed by atoms with Crippen molar-refractivity contribution >= 4 is 6.29 Å². The van der Waals surface area contributed by atoms with Crippen LogP contribution < -0.4 is 5.32 Å². The fourth-order valence-electron chi connectivity index (χ4n) is 0.952. The number of hydrogen-bond donors (Lipinski definition) is 1. The summed E-state index contributed by atoms with van der Waals surface area (Å²) in [5, 5.41) is 3.12. The SMILES string of the molecule is O=[C][C@H]1CCCNC1. The van der Waals surface area contributed by atoms with Crippen LogP contribution in [-0.2, 0) is 4.79 Å². The Hall–Kier alpha value is -0.370. The molecule has 1 radical (unpaired) electrons. The predicted molar refractivity (Wildman–Crippen MR) is 31.3 cm³/mol. The van der Waals surface area contributed by atoms with Crippen LogP contribution in [0.15, 0.2) is 0 Å². The van der Waals surface area contributed by atoms with Crippen LogP contribution in [0.2, 0.25) is 0 Å². The molecule has 1 N–H and O–H groups in total. The lowest BCUT2D eigenvalue weighted by Crippen LogP contribution is -2.30. The summed E-state index contributed by atoms with van der Waals surface area (Å²) in [7, 11) is 0. The van der Waals surface area contributed by atoms with Crippen molar-refractivity contribution in [3.8, 4) is 0 Å². The van der Waals surface area contributed by atoms with Gasteiger partial charge in [-0.05, 0) is 19.4 Å². The molecule has 0 aromatic rings. The summed E-state index contributed by atoms with van der Waals surface area (Å²) in [4.78, 5) is 9.99. The van der Waals surface area contributed by atoms with Gasteiger partial charge in [-0.1, -0.05) is 0 Å². The minimum atomic E-state index is 0.170. The van der Waals surface area contributed by atoms with E-state index in [0.717, 1.165) is 25.9 Å². The molecular weight excluding hydrogens is 102 g/mol. The lowest BCUT2D eigenvalue weighted by atomic mass is 10.0. The summed E-state index contributed by atoms with van der Waals surface area (Å²) in [6, 6.07) is 0. The maximum Gasteiger partial charge on any atom is 0.203 e. The van der Waals surface area contributed by atoms with Crippen molar-refractivity contribution in [3.05, 3.63) is 0 Å². The fourth-order valence-corrected chi connectivity index (χ4v) is 0.952. The van der Waals surface area contributed by atoms with Crippen LogP contribution in [0, 0.1) is 5.92 Å². The van der Waals surface area contributed by atoms with Crippen molar-refractivity contribution in [2.75, 3.05) is 13.1 Å². The van der Waals surface area contributed by atoms with Gasteiger partial charge in [0.15, 0.2) is 0 Å². The summed E-state index contributed by atoms with van der Waals surface area (Å²) in [5.74, 6) is 0.170. The third-order valence-electron chi connectivity index (χ3n) is 1.46. The van der Waals surface area contributed by atoms with E-state index < -0.39 is 0 Å². The minimum absolute atomic E-state index is 0.170. The summed E-state index contributed by atoms with van der Waals surface area (Å²) < 4.78 is 0. The lowest BCUT2D eigenvalue weighted by Gasteiger charge is -2.15. The molecule has 0 aliphatic carbocycles. The van der Waals surface area contributed by atoms with Crippen molar-refractivity contribution in [2.24, 2.45) is 5.92 Å². The second-order valence-electron chi connectivity index (χ2n) is 2.16. The molecule has 1 aliphatic heterocycles. The van der Waals surface area contributed by atoms with Crippen LogP contribution in [0.25, 0.3) is 0 Å². The maximum absolute atomic E-state index is 9.99. The minimum Gasteiger partial charge on any atom is -0.316 e. The Labute approximate surface area is 49.3 Å². The van der Waals surface area contributed by atoms with Crippen LogP contribution in [0.5, 0.6) is 0 Å². The summed E-state index contributed by atoms with van der Waals surface area (Å²) in [6.45, 7) is 1.90. The number of piperidine rings is 1. The highest BCUT2D eigenvalue weighted by atomic mass is 16.1. The monoisotopic (exact) mass is 112 g/mol. The molecule has 2 heteroatoms. The van der Waals surface area contributed by atoms with E-state index in [-0.39, 0.29) is 5.92 Å². The highest BCUT2D eigenvalue weighted by molar-refractivity contribution is 5.54. The molecule has 0 amide bonds. The number of rotatable bonds is 1. The summed E-state index contributed by atoms with van der Waals surface area (Å²) >= 11 is 0. The first kappa shape index (κ1) is 5.76. The standard InChI is InChI=1S/C6H10NO/c8-5-6-2-1-3-7-4-6/h6-7H,1-4H2/t6-/m0/s1. The molecule has 0 unspecified atom stereocenters. The Morgan fingerprint density at radius 3 is 2.88 bits per heavy atom.